The number of benzene rings is 6. The molecule has 3 aliphatic heterocycles. The number of unbranched alkanes of at least 4 members (excludes halogenated alkanes) is 16. The van der Waals surface area contributed by atoms with E-state index in [2.05, 4.69) is 166 Å². The predicted molar refractivity (Wildman–Crippen MR) is 563 cm³/mol. The Bertz CT molecular complexity index is 4520. The van der Waals surface area contributed by atoms with Crippen molar-refractivity contribution in [3.05, 3.63) is 153 Å². The molecule has 6 aromatic rings. The van der Waals surface area contributed by atoms with Gasteiger partial charge in [0.1, 0.15) is 57.2 Å². The molecule has 14 nitrogen and oxygen atoms in total. The van der Waals surface area contributed by atoms with Gasteiger partial charge in [-0.05, 0) is 335 Å². The van der Waals surface area contributed by atoms with E-state index < -0.39 is 5.60 Å². The first kappa shape index (κ1) is 112. The van der Waals surface area contributed by atoms with Crippen molar-refractivity contribution in [2.45, 2.75) is 480 Å². The second kappa shape index (κ2) is 53.1. The van der Waals surface area contributed by atoms with Gasteiger partial charge in [0.25, 0.3) is 0 Å². The van der Waals surface area contributed by atoms with Gasteiger partial charge in [0.2, 0.25) is 0 Å². The fourth-order valence-corrected chi connectivity index (χ4v) is 25.7. The smallest absolute Gasteiger partial charge is 0.132 e. The fraction of sp³-hybridized carbons (Fsp3) is 0.700. The molecule has 1 saturated heterocycles. The van der Waals surface area contributed by atoms with Crippen LogP contribution in [0.2, 0.25) is 0 Å². The molecule has 0 radical (unpaired) electrons. The van der Waals surface area contributed by atoms with Crippen molar-refractivity contribution in [2.75, 3.05) is 25.6 Å². The van der Waals surface area contributed by atoms with Crippen LogP contribution in [0.4, 0.5) is 0 Å². The first-order valence-electron chi connectivity index (χ1n) is 54.2. The number of aliphatic hydroxyl groups is 6. The summed E-state index contributed by atoms with van der Waals surface area (Å²) in [6, 6.07) is 32.1. The average Bonchev–Trinajstić information content (AvgIpc) is 1.59. The summed E-state index contributed by atoms with van der Waals surface area (Å²) in [7, 11) is 0. The molecule has 3 heterocycles. The van der Waals surface area contributed by atoms with Gasteiger partial charge in [0, 0.05) is 36.9 Å². The second-order valence-electron chi connectivity index (χ2n) is 46.1. The lowest BCUT2D eigenvalue weighted by atomic mass is 9.60. The molecule has 4 saturated carbocycles. The molecule has 5 unspecified atom stereocenters. The van der Waals surface area contributed by atoms with Crippen molar-refractivity contribution >= 4 is 11.8 Å². The average molecular weight is 1890 g/mol. The molecule has 15 heteroatoms. The topological polar surface area (TPSA) is 261 Å². The van der Waals surface area contributed by atoms with E-state index in [4.69, 9.17) is 9.47 Å². The number of thioether (sulfide) groups is 1. The number of fused-ring (bicyclic) bond motifs is 7. The molecule has 758 valence electrons. The fourth-order valence-electron chi connectivity index (χ4n) is 23.9. The van der Waals surface area contributed by atoms with Crippen LogP contribution in [0, 0.1) is 29.6 Å². The van der Waals surface area contributed by atoms with Crippen LogP contribution in [0.5, 0.6) is 46.0 Å². The van der Waals surface area contributed by atoms with E-state index in [0.29, 0.717) is 106 Å². The summed E-state index contributed by atoms with van der Waals surface area (Å²) in [6.07, 6.45) is 45.6. The van der Waals surface area contributed by atoms with Crippen molar-refractivity contribution in [1.29, 1.82) is 0 Å². The summed E-state index contributed by atoms with van der Waals surface area (Å²) in [5.74, 6) is 8.62. The first-order valence-corrected chi connectivity index (χ1v) is 55.2. The molecule has 6 aromatic carbocycles. The van der Waals surface area contributed by atoms with Gasteiger partial charge in [-0.25, -0.2) is 0 Å². The van der Waals surface area contributed by atoms with E-state index in [1.54, 1.807) is 12.1 Å². The molecule has 0 aromatic heterocycles. The Morgan fingerprint density at radius 2 is 0.948 bits per heavy atom. The standard InChI is InChI=1S/C26H36O4.C26H42O3.C24H40O3.C23H36O2S.C21H34O2/c1-5-6-7-8-12-25(2,3)18-15-22(29)24-20-17-19(28)10-11-21(20)26(4,13-9-14-27)30-23(24)16-18;1-4-5-6-7-12-26(2,3)20-10-11-22(25(29)15-20)24-16-21(28)14-19-9-8-18(17-27)13-23(19)24;1-4-5-6-7-14-24(2,3)19-11-13-21(23(27)16-19)22-17-20(26)12-10-18(22)9-8-15-25;1-6-7-8-9-10-11-15(2)17-12-18(24)21-19(13-17)25-23(4,5)22-20(21)16(3)14-26-22;1-4-5-6-7-13-21(2,3)17-11-12-19(20(23)15-17)16-9-8-10-18(22)14-16/h10-11,15-17,27-29H,5-9,12-14H2,1-4H3;10-11,15,18-19,21,23-24,27-29H,4-9,12-14,16-17H2,1-3H3;11,13,16,18,20,22,25-27H,4-10,12,14-15,17H2,1-3H3;12-13,15-16,20,22,24H,6-11,14H2,1-5H3;11-12,15-16,18,22-23H,4-10,13-14H2,1-3H3/t26-;18-,19-,21+,23?,24-;18-,20-,22-;;16-,18+/m001.0/s1. The minimum Gasteiger partial charge on any atom is -0.508 e. The molecular weight excluding hydrogens is 1700 g/mol. The van der Waals surface area contributed by atoms with E-state index >= 15 is 0 Å². The molecule has 15 atom stereocenters. The minimum atomic E-state index is -0.630. The van der Waals surface area contributed by atoms with Crippen LogP contribution in [0.15, 0.2) is 97.1 Å². The van der Waals surface area contributed by atoms with Crippen molar-refractivity contribution in [1.82, 2.24) is 0 Å². The summed E-state index contributed by atoms with van der Waals surface area (Å²) >= 11 is 2.01. The number of hydrogen-bond donors (Lipinski definition) is 12. The Morgan fingerprint density at radius 1 is 0.444 bits per heavy atom. The van der Waals surface area contributed by atoms with Crippen LogP contribution >= 0.6 is 11.8 Å². The molecule has 13 rings (SSSR count). The van der Waals surface area contributed by atoms with E-state index in [1.165, 1.54) is 157 Å². The van der Waals surface area contributed by atoms with E-state index in [-0.39, 0.29) is 88.7 Å². The quantitative estimate of drug-likeness (QED) is 0.0159. The van der Waals surface area contributed by atoms with Crippen LogP contribution < -0.4 is 9.47 Å². The Morgan fingerprint density at radius 3 is 1.47 bits per heavy atom. The van der Waals surface area contributed by atoms with Crippen molar-refractivity contribution < 1.29 is 70.8 Å². The number of ether oxygens (including phenoxy) is 2. The molecule has 4 aliphatic carbocycles. The SMILES string of the molecule is CCCCCCC(C)(C)c1cc(O)c2c(c1)O[C@@](C)(CCCO)c1ccc(O)cc1-2.CCCCCCC(C)(C)c1ccc([C@@H]2C[C@H](O)CC[C@H]2CCCO)c(O)c1.CCCCCCC(C)(C)c1ccc([C@@H]2C[C@H](O)C[C@@H]3CC[C@H](CO)CC32)c(O)c1.CCCCCCC(C)(C)c1ccc([C@H]2CCC[C@@H](O)C2)c(O)c1.CCCCCCCC(C)c1cc(O)c2c(c1)OC(C)(C)C1SCC(C)C21. The minimum absolute atomic E-state index is 0.0607. The highest BCUT2D eigenvalue weighted by Gasteiger charge is 2.52. The highest BCUT2D eigenvalue weighted by atomic mass is 32.2. The predicted octanol–water partition coefficient (Wildman–Crippen LogP) is 30.5. The van der Waals surface area contributed by atoms with Crippen LogP contribution in [0.3, 0.4) is 0 Å². The largest absolute Gasteiger partial charge is 0.508 e. The number of aliphatic hydroxyl groups excluding tert-OH is 6. The lowest BCUT2D eigenvalue weighted by molar-refractivity contribution is 0.00984. The van der Waals surface area contributed by atoms with Crippen molar-refractivity contribution in [2.24, 2.45) is 29.6 Å². The molecular formula is C120H188O14S. The Balaban J connectivity index is 0.000000190. The molecule has 7 aliphatic rings. The number of phenolic OH excluding ortho intramolecular Hbond substituents is 6. The van der Waals surface area contributed by atoms with Gasteiger partial charge in [-0.3, -0.25) is 0 Å². The maximum atomic E-state index is 11.0. The Hall–Kier alpha value is -6.17. The van der Waals surface area contributed by atoms with E-state index in [0.717, 1.165) is 166 Å². The van der Waals surface area contributed by atoms with Gasteiger partial charge in [-0.1, -0.05) is 288 Å². The zero-order valence-electron chi connectivity index (χ0n) is 87.4. The van der Waals surface area contributed by atoms with Gasteiger partial charge in [0.15, 0.2) is 0 Å². The molecule has 135 heavy (non-hydrogen) atoms. The molecule has 0 spiro atoms. The van der Waals surface area contributed by atoms with Gasteiger partial charge in [-0.2, -0.15) is 11.8 Å². The zero-order chi connectivity index (χ0) is 98.6. The second-order valence-corrected chi connectivity index (χ2v) is 47.3. The van der Waals surface area contributed by atoms with Gasteiger partial charge in [-0.15, -0.1) is 0 Å². The van der Waals surface area contributed by atoms with Gasteiger partial charge in [0.05, 0.1) is 29.1 Å². The molecule has 0 bridgehead atoms. The maximum absolute atomic E-state index is 11.0. The number of rotatable bonds is 41. The summed E-state index contributed by atoms with van der Waals surface area (Å²) < 4.78 is 12.9. The number of aromatic hydroxyl groups is 6. The van der Waals surface area contributed by atoms with Crippen LogP contribution in [0.1, 0.15) is 480 Å². The summed E-state index contributed by atoms with van der Waals surface area (Å²) in [5, 5.41) is 124. The third kappa shape index (κ3) is 31.2. The number of phenols is 6. The van der Waals surface area contributed by atoms with Crippen molar-refractivity contribution in [3.63, 3.8) is 0 Å². The van der Waals surface area contributed by atoms with Crippen molar-refractivity contribution in [3.8, 4) is 57.1 Å². The Kier molecular flexibility index (Phi) is 44.2. The third-order valence-corrected chi connectivity index (χ3v) is 34.8. The van der Waals surface area contributed by atoms with Crippen LogP contribution in [-0.2, 0) is 27.3 Å². The normalized spacial score (nSPS) is 24.3. The summed E-state index contributed by atoms with van der Waals surface area (Å²) in [4.78, 5) is 0. The summed E-state index contributed by atoms with van der Waals surface area (Å²) in [6.45, 7) is 40.9. The monoisotopic (exact) mass is 1890 g/mol. The van der Waals surface area contributed by atoms with Gasteiger partial charge < -0.3 is 70.8 Å². The zero-order valence-corrected chi connectivity index (χ0v) is 88.3. The number of hydrogen-bond acceptors (Lipinski definition) is 15. The molecule has 12 N–H and O–H groups in total. The summed E-state index contributed by atoms with van der Waals surface area (Å²) in [5.41, 5.74) is 11.7. The van der Waals surface area contributed by atoms with E-state index in [9.17, 15) is 61.3 Å². The third-order valence-electron chi connectivity index (χ3n) is 32.8. The lowest BCUT2D eigenvalue weighted by Gasteiger charge is -2.46. The highest BCUT2D eigenvalue weighted by Crippen LogP contribution is 2.60. The van der Waals surface area contributed by atoms with Crippen LogP contribution in [-0.4, -0.2) is 116 Å². The lowest BCUT2D eigenvalue weighted by Crippen LogP contribution is -2.46. The molecule has 5 fully saturated rings. The van der Waals surface area contributed by atoms with Crippen LogP contribution in [0.25, 0.3) is 11.1 Å². The first-order chi connectivity index (χ1) is 64.2. The molecule has 0 amide bonds. The Labute approximate surface area is 822 Å². The maximum Gasteiger partial charge on any atom is 0.132 e. The van der Waals surface area contributed by atoms with Gasteiger partial charge >= 0.3 is 0 Å². The highest BCUT2D eigenvalue weighted by molar-refractivity contribution is 8.00. The van der Waals surface area contributed by atoms with E-state index in [1.807, 2.05) is 55.1 Å².